The summed E-state index contributed by atoms with van der Waals surface area (Å²) in [7, 11) is 2.01. The molecule has 0 aliphatic rings. The standard InChI is InChI=1S/C28H45N7/c1-7-8-9-10-13-25-14-11-15-26(18-25)23(4)34-20-22(3)35(6)27(16-12-17-32-28(30)31)24(5)33-19-21(2)29/h7-8,11,14-15,18,27,33-34H,2-5,9-10,12-13,16-17,19-20,29H2,1,6H3,(H4,30,31,32)/b8-7+. The van der Waals surface area contributed by atoms with Gasteiger partial charge in [0.1, 0.15) is 0 Å². The van der Waals surface area contributed by atoms with Crippen LogP contribution in [0.3, 0.4) is 0 Å². The lowest BCUT2D eigenvalue weighted by molar-refractivity contribution is 0.305. The Bertz CT molecular complexity index is 910. The minimum Gasteiger partial charge on any atom is -0.401 e. The van der Waals surface area contributed by atoms with Gasteiger partial charge in [-0.1, -0.05) is 56.7 Å². The van der Waals surface area contributed by atoms with E-state index in [1.165, 1.54) is 5.56 Å². The van der Waals surface area contributed by atoms with Crippen LogP contribution in [0.4, 0.5) is 0 Å². The molecule has 0 aliphatic heterocycles. The zero-order valence-corrected chi connectivity index (χ0v) is 21.7. The highest BCUT2D eigenvalue weighted by molar-refractivity contribution is 5.75. The number of hydrogen-bond donors (Lipinski definition) is 5. The zero-order valence-electron chi connectivity index (χ0n) is 21.7. The van der Waals surface area contributed by atoms with E-state index in [2.05, 4.69) is 90.2 Å². The van der Waals surface area contributed by atoms with Crippen molar-refractivity contribution in [1.29, 1.82) is 0 Å². The molecule has 0 radical (unpaired) electrons. The summed E-state index contributed by atoms with van der Waals surface area (Å²) in [6.45, 7) is 20.1. The summed E-state index contributed by atoms with van der Waals surface area (Å²) in [4.78, 5) is 6.20. The predicted molar refractivity (Wildman–Crippen MR) is 152 cm³/mol. The van der Waals surface area contributed by atoms with E-state index < -0.39 is 0 Å². The van der Waals surface area contributed by atoms with Gasteiger partial charge in [-0.25, -0.2) is 0 Å². The van der Waals surface area contributed by atoms with Crippen LogP contribution in [0.5, 0.6) is 0 Å². The molecule has 1 aromatic rings. The van der Waals surface area contributed by atoms with Gasteiger partial charge in [-0.15, -0.1) is 0 Å². The van der Waals surface area contributed by atoms with Crippen molar-refractivity contribution >= 4 is 11.7 Å². The molecule has 35 heavy (non-hydrogen) atoms. The van der Waals surface area contributed by atoms with Gasteiger partial charge < -0.3 is 32.7 Å². The monoisotopic (exact) mass is 479 g/mol. The summed E-state index contributed by atoms with van der Waals surface area (Å²) in [5.74, 6) is 0.0975. The highest BCUT2D eigenvalue weighted by Crippen LogP contribution is 2.18. The molecule has 0 bridgehead atoms. The van der Waals surface area contributed by atoms with E-state index in [1.807, 2.05) is 7.05 Å². The lowest BCUT2D eigenvalue weighted by Crippen LogP contribution is -2.40. The van der Waals surface area contributed by atoms with E-state index in [-0.39, 0.29) is 12.0 Å². The number of hydrogen-bond acceptors (Lipinski definition) is 5. The van der Waals surface area contributed by atoms with Crippen molar-refractivity contribution in [2.45, 2.75) is 45.1 Å². The van der Waals surface area contributed by atoms with Gasteiger partial charge >= 0.3 is 0 Å². The number of benzene rings is 1. The highest BCUT2D eigenvalue weighted by Gasteiger charge is 2.19. The Labute approximate surface area is 212 Å². The Morgan fingerprint density at radius 3 is 2.49 bits per heavy atom. The van der Waals surface area contributed by atoms with Gasteiger partial charge in [0, 0.05) is 36.4 Å². The quantitative estimate of drug-likeness (QED) is 0.0950. The normalized spacial score (nSPS) is 11.5. The van der Waals surface area contributed by atoms with Crippen molar-refractivity contribution in [3.8, 4) is 0 Å². The van der Waals surface area contributed by atoms with Gasteiger partial charge in [-0.3, -0.25) is 4.99 Å². The second-order valence-electron chi connectivity index (χ2n) is 8.67. The number of nitrogens with zero attached hydrogens (tertiary/aromatic N) is 2. The van der Waals surface area contributed by atoms with E-state index in [4.69, 9.17) is 17.2 Å². The molecule has 8 N–H and O–H groups in total. The average molecular weight is 480 g/mol. The third kappa shape index (κ3) is 11.9. The molecule has 7 heteroatoms. The molecule has 0 aliphatic carbocycles. The third-order valence-corrected chi connectivity index (χ3v) is 5.69. The van der Waals surface area contributed by atoms with Crippen LogP contribution < -0.4 is 27.8 Å². The molecule has 0 aromatic heterocycles. The van der Waals surface area contributed by atoms with E-state index in [1.54, 1.807) is 0 Å². The minimum atomic E-state index is -0.00777. The third-order valence-electron chi connectivity index (χ3n) is 5.69. The van der Waals surface area contributed by atoms with E-state index in [9.17, 15) is 0 Å². The van der Waals surface area contributed by atoms with Crippen LogP contribution in [0.25, 0.3) is 5.70 Å². The molecule has 192 valence electrons. The number of nitrogens with two attached hydrogens (primary N) is 3. The molecule has 0 heterocycles. The van der Waals surface area contributed by atoms with Gasteiger partial charge in [-0.05, 0) is 56.2 Å². The molecule has 0 amide bonds. The molecule has 1 unspecified atom stereocenters. The fourth-order valence-corrected chi connectivity index (χ4v) is 3.60. The molecule has 0 spiro atoms. The van der Waals surface area contributed by atoms with E-state index >= 15 is 0 Å². The maximum absolute atomic E-state index is 5.72. The van der Waals surface area contributed by atoms with Crippen molar-refractivity contribution in [1.82, 2.24) is 15.5 Å². The largest absolute Gasteiger partial charge is 0.401 e. The Hall–Kier alpha value is -3.61. The molecule has 0 saturated carbocycles. The first-order chi connectivity index (χ1) is 16.6. The Morgan fingerprint density at radius 2 is 1.83 bits per heavy atom. The number of rotatable bonds is 18. The predicted octanol–water partition coefficient (Wildman–Crippen LogP) is 3.59. The highest BCUT2D eigenvalue weighted by atomic mass is 15.2. The molecule has 7 nitrogen and oxygen atoms in total. The number of aryl methyl sites for hydroxylation is 1. The summed E-state index contributed by atoms with van der Waals surface area (Å²) < 4.78 is 0. The zero-order chi connectivity index (χ0) is 26.2. The first-order valence-electron chi connectivity index (χ1n) is 12.1. The SMILES string of the molecule is C=C(N)CNC(=C)C(CCCN=C(N)N)N(C)C(=C)CNC(=C)c1cccc(CCC/C=C/C)c1. The molecule has 1 rings (SSSR count). The maximum Gasteiger partial charge on any atom is 0.185 e. The Balaban J connectivity index is 2.73. The molecule has 0 saturated heterocycles. The van der Waals surface area contributed by atoms with Gasteiger partial charge in [0.05, 0.1) is 19.1 Å². The van der Waals surface area contributed by atoms with Crippen molar-refractivity contribution < 1.29 is 0 Å². The number of likely N-dealkylation sites (N-methyl/N-ethyl adjacent to an activating group) is 1. The summed E-state index contributed by atoms with van der Waals surface area (Å²) in [6.07, 6.45) is 9.18. The average Bonchev–Trinajstić information content (AvgIpc) is 2.83. The van der Waals surface area contributed by atoms with Gasteiger partial charge in [0.2, 0.25) is 0 Å². The minimum absolute atomic E-state index is 0.00777. The van der Waals surface area contributed by atoms with Gasteiger partial charge in [0.25, 0.3) is 0 Å². The number of nitrogens with one attached hydrogen (secondary N) is 2. The summed E-state index contributed by atoms with van der Waals surface area (Å²) in [6, 6.07) is 8.53. The number of guanidine groups is 1. The van der Waals surface area contributed by atoms with Gasteiger partial charge in [0.15, 0.2) is 5.96 Å². The van der Waals surface area contributed by atoms with Crippen molar-refractivity contribution in [2.75, 3.05) is 26.7 Å². The number of allylic oxidation sites excluding steroid dienone is 2. The molecule has 1 aromatic carbocycles. The Kier molecular flexibility index (Phi) is 13.5. The van der Waals surface area contributed by atoms with Crippen LogP contribution in [0, 0.1) is 0 Å². The maximum atomic E-state index is 5.72. The van der Waals surface area contributed by atoms with Crippen molar-refractivity contribution in [3.05, 3.63) is 91.0 Å². The smallest absolute Gasteiger partial charge is 0.185 e. The van der Waals surface area contributed by atoms with Crippen LogP contribution in [-0.4, -0.2) is 43.6 Å². The van der Waals surface area contributed by atoms with Crippen molar-refractivity contribution in [3.63, 3.8) is 0 Å². The van der Waals surface area contributed by atoms with Crippen LogP contribution in [0.1, 0.15) is 43.7 Å². The number of aliphatic imine (C=N–C) groups is 1. The molecule has 1 atom stereocenters. The lowest BCUT2D eigenvalue weighted by atomic mass is 10.0. The summed E-state index contributed by atoms with van der Waals surface area (Å²) >= 11 is 0. The molecule has 0 fully saturated rings. The summed E-state index contributed by atoms with van der Waals surface area (Å²) in [5.41, 5.74) is 22.2. The Morgan fingerprint density at radius 1 is 1.09 bits per heavy atom. The lowest BCUT2D eigenvalue weighted by Gasteiger charge is -2.34. The molecular formula is C28H45N7. The second-order valence-corrected chi connectivity index (χ2v) is 8.67. The van der Waals surface area contributed by atoms with E-state index in [0.717, 1.165) is 54.8 Å². The van der Waals surface area contributed by atoms with E-state index in [0.29, 0.717) is 25.3 Å². The number of unbranched alkanes of at least 4 members (excludes halogenated alkanes) is 1. The van der Waals surface area contributed by atoms with Crippen LogP contribution in [0.15, 0.2) is 84.8 Å². The first kappa shape index (κ1) is 29.4. The second kappa shape index (κ2) is 16.1. The fourth-order valence-electron chi connectivity index (χ4n) is 3.60. The fraction of sp³-hybridized carbons (Fsp3) is 0.393. The van der Waals surface area contributed by atoms with Crippen LogP contribution in [0.2, 0.25) is 0 Å². The topological polar surface area (TPSA) is 118 Å². The summed E-state index contributed by atoms with van der Waals surface area (Å²) in [5, 5.41) is 6.68. The van der Waals surface area contributed by atoms with Crippen LogP contribution >= 0.6 is 0 Å². The van der Waals surface area contributed by atoms with Crippen LogP contribution in [-0.2, 0) is 6.42 Å². The van der Waals surface area contributed by atoms with Crippen molar-refractivity contribution in [2.24, 2.45) is 22.2 Å². The molecular weight excluding hydrogens is 434 g/mol. The first-order valence-corrected chi connectivity index (χ1v) is 12.1. The van der Waals surface area contributed by atoms with Gasteiger partial charge in [-0.2, -0.15) is 0 Å².